The predicted molar refractivity (Wildman–Crippen MR) is 106 cm³/mol. The number of piperazine rings is 1. The van der Waals surface area contributed by atoms with Gasteiger partial charge in [-0.3, -0.25) is 0 Å². The van der Waals surface area contributed by atoms with Crippen LogP contribution in [0.2, 0.25) is 0 Å². The Labute approximate surface area is 177 Å². The van der Waals surface area contributed by atoms with E-state index >= 15 is 0 Å². The first-order valence-corrected chi connectivity index (χ1v) is 11.3. The lowest BCUT2D eigenvalue weighted by Gasteiger charge is -2.35. The van der Waals surface area contributed by atoms with E-state index in [1.807, 2.05) is 0 Å². The summed E-state index contributed by atoms with van der Waals surface area (Å²) in [5.74, 6) is -1.30. The molecule has 0 radical (unpaired) electrons. The Morgan fingerprint density at radius 3 is 2.32 bits per heavy atom. The molecule has 0 amide bonds. The molecule has 1 aliphatic carbocycles. The summed E-state index contributed by atoms with van der Waals surface area (Å²) in [7, 11) is -3.81. The lowest BCUT2D eigenvalue weighted by atomic mass is 10.0. The van der Waals surface area contributed by atoms with Gasteiger partial charge in [0, 0.05) is 32.1 Å². The molecule has 1 unspecified atom stereocenters. The van der Waals surface area contributed by atoms with Crippen LogP contribution in [0.5, 0.6) is 0 Å². The normalized spacial score (nSPS) is 20.0. The van der Waals surface area contributed by atoms with E-state index < -0.39 is 27.6 Å². The van der Waals surface area contributed by atoms with Gasteiger partial charge in [-0.15, -0.1) is 0 Å². The van der Waals surface area contributed by atoms with Crippen LogP contribution in [-0.2, 0) is 27.4 Å². The van der Waals surface area contributed by atoms with Gasteiger partial charge in [-0.1, -0.05) is 6.07 Å². The largest absolute Gasteiger partial charge is 0.416 e. The van der Waals surface area contributed by atoms with Crippen LogP contribution in [0.1, 0.15) is 29.0 Å². The lowest BCUT2D eigenvalue weighted by Crippen LogP contribution is -2.49. The molecule has 31 heavy (non-hydrogen) atoms. The van der Waals surface area contributed by atoms with E-state index in [0.717, 1.165) is 36.0 Å². The molecular weight excluding hydrogens is 436 g/mol. The van der Waals surface area contributed by atoms with Crippen LogP contribution in [0.15, 0.2) is 41.3 Å². The lowest BCUT2D eigenvalue weighted by molar-refractivity contribution is -0.137. The molecule has 0 bridgehead atoms. The van der Waals surface area contributed by atoms with Crippen molar-refractivity contribution in [3.05, 3.63) is 58.9 Å². The van der Waals surface area contributed by atoms with Crippen LogP contribution in [0.4, 0.5) is 23.2 Å². The number of hydrogen-bond donors (Lipinski definition) is 0. The molecule has 2 aliphatic rings. The fourth-order valence-corrected chi connectivity index (χ4v) is 5.63. The molecule has 1 fully saturated rings. The van der Waals surface area contributed by atoms with Crippen molar-refractivity contribution >= 4 is 22.0 Å². The minimum atomic E-state index is -4.63. The van der Waals surface area contributed by atoms with E-state index in [9.17, 15) is 30.8 Å². The molecular formula is C21H20F4N2O3S. The summed E-state index contributed by atoms with van der Waals surface area (Å²) in [6.45, 7) is 0.417. The van der Waals surface area contributed by atoms with Crippen LogP contribution in [0, 0.1) is 5.82 Å². The molecule has 1 aliphatic heterocycles. The number of carbonyl (C=O) groups excluding carboxylic acids is 1. The van der Waals surface area contributed by atoms with Gasteiger partial charge in [0.25, 0.3) is 0 Å². The summed E-state index contributed by atoms with van der Waals surface area (Å²) >= 11 is 0. The summed E-state index contributed by atoms with van der Waals surface area (Å²) in [6, 6.07) is 7.16. The first-order valence-electron chi connectivity index (χ1n) is 9.81. The Hall–Kier alpha value is -2.46. The van der Waals surface area contributed by atoms with Gasteiger partial charge in [0.2, 0.25) is 10.0 Å². The fraction of sp³-hybridized carbons (Fsp3) is 0.381. The Balaban J connectivity index is 1.49. The number of benzene rings is 2. The van der Waals surface area contributed by atoms with Crippen molar-refractivity contribution < 1.29 is 30.8 Å². The van der Waals surface area contributed by atoms with E-state index in [1.54, 1.807) is 12.1 Å². The number of aldehydes is 1. The average Bonchev–Trinajstić information content (AvgIpc) is 3.15. The van der Waals surface area contributed by atoms with Gasteiger partial charge >= 0.3 is 6.18 Å². The third-order valence-corrected chi connectivity index (χ3v) is 7.79. The molecule has 0 spiro atoms. The molecule has 0 aromatic heterocycles. The first kappa shape index (κ1) is 21.8. The zero-order valence-corrected chi connectivity index (χ0v) is 17.2. The molecule has 2 aromatic rings. The molecule has 1 atom stereocenters. The van der Waals surface area contributed by atoms with Crippen molar-refractivity contribution in [3.63, 3.8) is 0 Å². The standard InChI is InChI=1S/C21H20F4N2O3S/c22-19-11-16(21(23,24)25)4-6-20(19)26-7-9-27(10-8-26)31(29,30)17-5-3-14-1-2-15(13-28)18(14)12-17/h3-6,11-13,15H,1-2,7-10H2. The van der Waals surface area contributed by atoms with Crippen LogP contribution in [0.3, 0.4) is 0 Å². The Bertz CT molecular complexity index is 1110. The molecule has 166 valence electrons. The number of halogens is 4. The Kier molecular flexibility index (Phi) is 5.55. The van der Waals surface area contributed by atoms with E-state index in [1.165, 1.54) is 15.3 Å². The van der Waals surface area contributed by atoms with Crippen molar-refractivity contribution in [3.8, 4) is 0 Å². The van der Waals surface area contributed by atoms with Gasteiger partial charge in [0.05, 0.1) is 16.1 Å². The number of rotatable bonds is 4. The number of alkyl halides is 3. The van der Waals surface area contributed by atoms with E-state index in [0.29, 0.717) is 12.5 Å². The molecule has 1 saturated heterocycles. The van der Waals surface area contributed by atoms with Crippen LogP contribution in [-0.4, -0.2) is 45.2 Å². The van der Waals surface area contributed by atoms with Crippen LogP contribution in [0.25, 0.3) is 0 Å². The zero-order chi connectivity index (χ0) is 22.4. The van der Waals surface area contributed by atoms with E-state index in [4.69, 9.17) is 0 Å². The second kappa shape index (κ2) is 7.90. The molecule has 0 saturated carbocycles. The molecule has 2 aromatic carbocycles. The number of hydrogen-bond acceptors (Lipinski definition) is 4. The number of nitrogens with zero attached hydrogens (tertiary/aromatic N) is 2. The van der Waals surface area contributed by atoms with Gasteiger partial charge in [-0.05, 0) is 54.3 Å². The number of anilines is 1. The first-order chi connectivity index (χ1) is 14.6. The average molecular weight is 456 g/mol. The van der Waals surface area contributed by atoms with Crippen molar-refractivity contribution in [2.24, 2.45) is 0 Å². The predicted octanol–water partition coefficient (Wildman–Crippen LogP) is 3.58. The maximum atomic E-state index is 14.3. The Morgan fingerprint density at radius 1 is 1.00 bits per heavy atom. The summed E-state index contributed by atoms with van der Waals surface area (Å²) < 4.78 is 79.9. The second-order valence-corrected chi connectivity index (χ2v) is 9.63. The van der Waals surface area contributed by atoms with Crippen molar-refractivity contribution in [1.82, 2.24) is 4.31 Å². The number of fused-ring (bicyclic) bond motifs is 1. The highest BCUT2D eigenvalue weighted by Gasteiger charge is 2.34. The van der Waals surface area contributed by atoms with Gasteiger partial charge in [0.1, 0.15) is 12.1 Å². The second-order valence-electron chi connectivity index (χ2n) is 7.70. The summed E-state index contributed by atoms with van der Waals surface area (Å²) in [5, 5.41) is 0. The fourth-order valence-electron chi connectivity index (χ4n) is 4.17. The highest BCUT2D eigenvalue weighted by molar-refractivity contribution is 7.89. The van der Waals surface area contributed by atoms with Gasteiger partial charge in [-0.2, -0.15) is 17.5 Å². The summed E-state index contributed by atoms with van der Waals surface area (Å²) in [6.07, 6.45) is -2.40. The maximum Gasteiger partial charge on any atom is 0.416 e. The van der Waals surface area contributed by atoms with Gasteiger partial charge in [0.15, 0.2) is 0 Å². The zero-order valence-electron chi connectivity index (χ0n) is 16.4. The van der Waals surface area contributed by atoms with Crippen LogP contribution >= 0.6 is 0 Å². The number of aryl methyl sites for hydroxylation is 1. The number of sulfonamides is 1. The van der Waals surface area contributed by atoms with Gasteiger partial charge < -0.3 is 9.69 Å². The van der Waals surface area contributed by atoms with Gasteiger partial charge in [-0.25, -0.2) is 12.8 Å². The molecule has 4 rings (SSSR count). The smallest absolute Gasteiger partial charge is 0.367 e. The van der Waals surface area contributed by atoms with E-state index in [2.05, 4.69) is 0 Å². The van der Waals surface area contributed by atoms with Crippen molar-refractivity contribution in [1.29, 1.82) is 0 Å². The quantitative estimate of drug-likeness (QED) is 0.521. The van der Waals surface area contributed by atoms with E-state index in [-0.39, 0.29) is 42.7 Å². The third kappa shape index (κ3) is 4.06. The minimum absolute atomic E-state index is 0.0106. The molecule has 10 heteroatoms. The summed E-state index contributed by atoms with van der Waals surface area (Å²) in [4.78, 5) is 12.9. The molecule has 0 N–H and O–H groups in total. The minimum Gasteiger partial charge on any atom is -0.367 e. The van der Waals surface area contributed by atoms with Crippen molar-refractivity contribution in [2.75, 3.05) is 31.1 Å². The van der Waals surface area contributed by atoms with Crippen LogP contribution < -0.4 is 4.90 Å². The third-order valence-electron chi connectivity index (χ3n) is 5.90. The topological polar surface area (TPSA) is 57.7 Å². The number of carbonyl (C=O) groups is 1. The SMILES string of the molecule is O=CC1CCc2ccc(S(=O)(=O)N3CCN(c4ccc(C(F)(F)F)cc4F)CC3)cc21. The van der Waals surface area contributed by atoms with Crippen molar-refractivity contribution in [2.45, 2.75) is 29.8 Å². The Morgan fingerprint density at radius 2 is 1.71 bits per heavy atom. The summed E-state index contributed by atoms with van der Waals surface area (Å²) in [5.41, 5.74) is 0.650. The molecule has 5 nitrogen and oxygen atoms in total. The monoisotopic (exact) mass is 456 g/mol. The highest BCUT2D eigenvalue weighted by atomic mass is 32.2. The maximum absolute atomic E-state index is 14.3. The molecule has 1 heterocycles. The highest BCUT2D eigenvalue weighted by Crippen LogP contribution is 2.35.